The maximum Gasteiger partial charge on any atom is 0.239 e. The summed E-state index contributed by atoms with van der Waals surface area (Å²) in [6, 6.07) is 0.142. The minimum absolute atomic E-state index is 0.142. The van der Waals surface area contributed by atoms with Gasteiger partial charge in [0.15, 0.2) is 0 Å². The molecule has 1 N–H and O–H groups in total. The lowest BCUT2D eigenvalue weighted by molar-refractivity contribution is -0.132. The van der Waals surface area contributed by atoms with Crippen molar-refractivity contribution in [2.24, 2.45) is 5.41 Å². The highest BCUT2D eigenvalue weighted by Gasteiger charge is 2.49. The molecule has 1 spiro atoms. The number of rotatable bonds is 1. The number of carbonyl (C=O) groups is 1. The molecule has 14 heavy (non-hydrogen) atoms. The molecule has 3 heteroatoms. The molecule has 2 aliphatic heterocycles. The summed E-state index contributed by atoms with van der Waals surface area (Å²) < 4.78 is 0. The highest BCUT2D eigenvalue weighted by Crippen LogP contribution is 2.52. The molecule has 1 amide bonds. The summed E-state index contributed by atoms with van der Waals surface area (Å²) in [7, 11) is 0. The Balaban J connectivity index is 1.62. The van der Waals surface area contributed by atoms with E-state index in [0.29, 0.717) is 11.3 Å². The molecule has 0 aromatic rings. The fourth-order valence-corrected chi connectivity index (χ4v) is 2.82. The smallest absolute Gasteiger partial charge is 0.239 e. The number of amides is 1. The van der Waals surface area contributed by atoms with Gasteiger partial charge in [-0.3, -0.25) is 4.79 Å². The van der Waals surface area contributed by atoms with Crippen LogP contribution in [0.25, 0.3) is 0 Å². The zero-order valence-corrected chi connectivity index (χ0v) is 8.59. The molecule has 3 aliphatic rings. The van der Waals surface area contributed by atoms with Crippen LogP contribution < -0.4 is 5.32 Å². The molecule has 1 unspecified atom stereocenters. The minimum atomic E-state index is 0.142. The van der Waals surface area contributed by atoms with Gasteiger partial charge in [0.05, 0.1) is 6.04 Å². The SMILES string of the molecule is O=C(C1CCCN1)N1CCC2(CC2)C1. The Labute approximate surface area is 84.8 Å². The third-order valence-electron chi connectivity index (χ3n) is 4.07. The molecule has 2 saturated heterocycles. The standard InChI is InChI=1S/C11H18N2O/c14-10(9-2-1-6-12-9)13-7-5-11(8-13)3-4-11/h9,12H,1-8H2. The van der Waals surface area contributed by atoms with Crippen molar-refractivity contribution in [1.82, 2.24) is 10.2 Å². The molecule has 0 aromatic heterocycles. The predicted molar refractivity (Wildman–Crippen MR) is 53.9 cm³/mol. The van der Waals surface area contributed by atoms with Crippen molar-refractivity contribution in [1.29, 1.82) is 0 Å². The van der Waals surface area contributed by atoms with Crippen LogP contribution >= 0.6 is 0 Å². The van der Waals surface area contributed by atoms with E-state index in [-0.39, 0.29) is 6.04 Å². The second kappa shape index (κ2) is 2.96. The molecule has 2 heterocycles. The molecule has 0 bridgehead atoms. The summed E-state index contributed by atoms with van der Waals surface area (Å²) in [5, 5.41) is 3.29. The van der Waals surface area contributed by atoms with Gasteiger partial charge < -0.3 is 10.2 Å². The van der Waals surface area contributed by atoms with E-state index in [1.807, 2.05) is 0 Å². The lowest BCUT2D eigenvalue weighted by Gasteiger charge is -2.20. The molecule has 78 valence electrons. The van der Waals surface area contributed by atoms with Crippen molar-refractivity contribution in [2.75, 3.05) is 19.6 Å². The summed E-state index contributed by atoms with van der Waals surface area (Å²) in [5.74, 6) is 0.367. The molecule has 0 radical (unpaired) electrons. The van der Waals surface area contributed by atoms with E-state index < -0.39 is 0 Å². The number of hydrogen-bond donors (Lipinski definition) is 1. The lowest BCUT2D eigenvalue weighted by Crippen LogP contribution is -2.42. The van der Waals surface area contributed by atoms with E-state index >= 15 is 0 Å². The van der Waals surface area contributed by atoms with Gasteiger partial charge in [0.1, 0.15) is 0 Å². The Morgan fingerprint density at radius 3 is 2.79 bits per heavy atom. The second-order valence-corrected chi connectivity index (χ2v) is 5.16. The summed E-state index contributed by atoms with van der Waals surface area (Å²) >= 11 is 0. The first-order valence-corrected chi connectivity index (χ1v) is 5.81. The maximum absolute atomic E-state index is 12.0. The minimum Gasteiger partial charge on any atom is -0.341 e. The largest absolute Gasteiger partial charge is 0.341 e. The van der Waals surface area contributed by atoms with Gasteiger partial charge in [0.25, 0.3) is 0 Å². The average Bonchev–Trinajstić information content (AvgIpc) is 2.68. The number of nitrogens with zero attached hydrogens (tertiary/aromatic N) is 1. The van der Waals surface area contributed by atoms with Crippen molar-refractivity contribution in [3.8, 4) is 0 Å². The zero-order chi connectivity index (χ0) is 9.60. The first kappa shape index (κ1) is 8.72. The Bertz CT molecular complexity index is 254. The molecule has 3 fully saturated rings. The molecular formula is C11H18N2O. The molecule has 3 nitrogen and oxygen atoms in total. The van der Waals surface area contributed by atoms with E-state index in [1.54, 1.807) is 0 Å². The van der Waals surface area contributed by atoms with Crippen molar-refractivity contribution in [3.05, 3.63) is 0 Å². The molecule has 3 rings (SSSR count). The summed E-state index contributed by atoms with van der Waals surface area (Å²) in [5.41, 5.74) is 0.578. The molecular weight excluding hydrogens is 176 g/mol. The fourth-order valence-electron chi connectivity index (χ4n) is 2.82. The van der Waals surface area contributed by atoms with Crippen LogP contribution in [0.2, 0.25) is 0 Å². The summed E-state index contributed by atoms with van der Waals surface area (Å²) in [6.45, 7) is 3.08. The van der Waals surface area contributed by atoms with E-state index in [9.17, 15) is 4.79 Å². The third kappa shape index (κ3) is 1.34. The fraction of sp³-hybridized carbons (Fsp3) is 0.909. The van der Waals surface area contributed by atoms with E-state index in [2.05, 4.69) is 10.2 Å². The van der Waals surface area contributed by atoms with Crippen LogP contribution in [0.4, 0.5) is 0 Å². The van der Waals surface area contributed by atoms with Gasteiger partial charge in [-0.2, -0.15) is 0 Å². The van der Waals surface area contributed by atoms with Crippen LogP contribution in [-0.2, 0) is 4.79 Å². The average molecular weight is 194 g/mol. The van der Waals surface area contributed by atoms with Crippen LogP contribution in [0, 0.1) is 5.41 Å². The Kier molecular flexibility index (Phi) is 1.84. The van der Waals surface area contributed by atoms with Gasteiger partial charge in [-0.1, -0.05) is 0 Å². The number of likely N-dealkylation sites (tertiary alicyclic amines) is 1. The van der Waals surface area contributed by atoms with Crippen LogP contribution in [0.1, 0.15) is 32.1 Å². The third-order valence-corrected chi connectivity index (χ3v) is 4.07. The maximum atomic E-state index is 12.0. The zero-order valence-electron chi connectivity index (χ0n) is 8.59. The van der Waals surface area contributed by atoms with E-state index in [0.717, 1.165) is 32.5 Å². The molecule has 1 atom stereocenters. The van der Waals surface area contributed by atoms with Gasteiger partial charge in [0.2, 0.25) is 5.91 Å². The van der Waals surface area contributed by atoms with Gasteiger partial charge in [-0.25, -0.2) is 0 Å². The van der Waals surface area contributed by atoms with Crippen molar-refractivity contribution in [3.63, 3.8) is 0 Å². The summed E-state index contributed by atoms with van der Waals surface area (Å²) in [6.07, 6.45) is 6.17. The van der Waals surface area contributed by atoms with E-state index in [4.69, 9.17) is 0 Å². The van der Waals surface area contributed by atoms with Crippen molar-refractivity contribution < 1.29 is 4.79 Å². The quantitative estimate of drug-likeness (QED) is 0.668. The van der Waals surface area contributed by atoms with Crippen molar-refractivity contribution in [2.45, 2.75) is 38.1 Å². The Hall–Kier alpha value is -0.570. The number of carbonyl (C=O) groups excluding carboxylic acids is 1. The van der Waals surface area contributed by atoms with Gasteiger partial charge in [0, 0.05) is 13.1 Å². The topological polar surface area (TPSA) is 32.3 Å². The normalized spacial score (nSPS) is 34.0. The first-order chi connectivity index (χ1) is 6.79. The van der Waals surface area contributed by atoms with Gasteiger partial charge in [-0.05, 0) is 44.1 Å². The highest BCUT2D eigenvalue weighted by molar-refractivity contribution is 5.82. The summed E-state index contributed by atoms with van der Waals surface area (Å²) in [4.78, 5) is 14.1. The van der Waals surface area contributed by atoms with Crippen LogP contribution in [0.15, 0.2) is 0 Å². The highest BCUT2D eigenvalue weighted by atomic mass is 16.2. The molecule has 1 saturated carbocycles. The Morgan fingerprint density at radius 2 is 2.21 bits per heavy atom. The van der Waals surface area contributed by atoms with Crippen LogP contribution in [0.3, 0.4) is 0 Å². The van der Waals surface area contributed by atoms with Crippen molar-refractivity contribution >= 4 is 5.91 Å². The Morgan fingerprint density at radius 1 is 1.36 bits per heavy atom. The van der Waals surface area contributed by atoms with Crippen LogP contribution in [-0.4, -0.2) is 36.5 Å². The number of hydrogen-bond acceptors (Lipinski definition) is 2. The van der Waals surface area contributed by atoms with Gasteiger partial charge >= 0.3 is 0 Å². The van der Waals surface area contributed by atoms with E-state index in [1.165, 1.54) is 19.3 Å². The van der Waals surface area contributed by atoms with Gasteiger partial charge in [-0.15, -0.1) is 0 Å². The second-order valence-electron chi connectivity index (χ2n) is 5.16. The lowest BCUT2D eigenvalue weighted by atomic mass is 10.1. The monoisotopic (exact) mass is 194 g/mol. The molecule has 1 aliphatic carbocycles. The predicted octanol–water partition coefficient (Wildman–Crippen LogP) is 0.751. The first-order valence-electron chi connectivity index (χ1n) is 5.81. The number of nitrogens with one attached hydrogen (secondary N) is 1. The van der Waals surface area contributed by atoms with Crippen LogP contribution in [0.5, 0.6) is 0 Å². The molecule has 0 aromatic carbocycles.